The standard InChI is InChI=1S/C19H18BrF2NO3/c1-25-16-8-7-13(11-17(16)26-19(21)22)18(24)23-9-3-6-15(23)12-4-2-5-14(20)10-12/h2,4-5,7-8,10-11,15,19H,3,6,9H2,1H3. The zero-order valence-electron chi connectivity index (χ0n) is 14.1. The van der Waals surface area contributed by atoms with E-state index in [0.29, 0.717) is 12.1 Å². The largest absolute Gasteiger partial charge is 0.493 e. The molecule has 138 valence electrons. The Morgan fingerprint density at radius 2 is 2.04 bits per heavy atom. The molecule has 0 saturated carbocycles. The van der Waals surface area contributed by atoms with Crippen LogP contribution >= 0.6 is 15.9 Å². The molecule has 1 aliphatic rings. The highest BCUT2D eigenvalue weighted by molar-refractivity contribution is 9.10. The number of hydrogen-bond donors (Lipinski definition) is 0. The predicted octanol–water partition coefficient (Wildman–Crippen LogP) is 5.04. The summed E-state index contributed by atoms with van der Waals surface area (Å²) < 4.78 is 35.7. The molecule has 1 amide bonds. The fourth-order valence-corrected chi connectivity index (χ4v) is 3.65. The summed E-state index contributed by atoms with van der Waals surface area (Å²) in [7, 11) is 1.36. The molecule has 1 aliphatic heterocycles. The number of nitrogens with zero attached hydrogens (tertiary/aromatic N) is 1. The van der Waals surface area contributed by atoms with Gasteiger partial charge in [-0.25, -0.2) is 0 Å². The number of alkyl halides is 2. The van der Waals surface area contributed by atoms with Crippen molar-refractivity contribution in [2.24, 2.45) is 0 Å². The quantitative estimate of drug-likeness (QED) is 0.673. The third-order valence-corrected chi connectivity index (χ3v) is 4.87. The smallest absolute Gasteiger partial charge is 0.387 e. The lowest BCUT2D eigenvalue weighted by molar-refractivity contribution is -0.0512. The molecule has 7 heteroatoms. The summed E-state index contributed by atoms with van der Waals surface area (Å²) >= 11 is 3.45. The van der Waals surface area contributed by atoms with Crippen molar-refractivity contribution in [2.75, 3.05) is 13.7 Å². The molecule has 26 heavy (non-hydrogen) atoms. The summed E-state index contributed by atoms with van der Waals surface area (Å²) in [5.41, 5.74) is 1.34. The van der Waals surface area contributed by atoms with Crippen LogP contribution in [-0.2, 0) is 0 Å². The van der Waals surface area contributed by atoms with E-state index < -0.39 is 6.61 Å². The van der Waals surface area contributed by atoms with Crippen LogP contribution < -0.4 is 9.47 Å². The van der Waals surface area contributed by atoms with E-state index >= 15 is 0 Å². The Balaban J connectivity index is 1.88. The molecule has 1 saturated heterocycles. The van der Waals surface area contributed by atoms with E-state index in [2.05, 4.69) is 20.7 Å². The highest BCUT2D eigenvalue weighted by Gasteiger charge is 2.31. The molecule has 0 aliphatic carbocycles. The molecule has 0 aromatic heterocycles. The van der Waals surface area contributed by atoms with Crippen molar-refractivity contribution in [1.29, 1.82) is 0 Å². The van der Waals surface area contributed by atoms with Crippen LogP contribution in [-0.4, -0.2) is 31.1 Å². The first-order valence-electron chi connectivity index (χ1n) is 8.19. The molecule has 1 fully saturated rings. The Morgan fingerprint density at radius 1 is 1.23 bits per heavy atom. The van der Waals surface area contributed by atoms with Crippen LogP contribution in [0.2, 0.25) is 0 Å². The fourth-order valence-electron chi connectivity index (χ4n) is 3.23. The first-order chi connectivity index (χ1) is 12.5. The van der Waals surface area contributed by atoms with Crippen molar-refractivity contribution in [3.8, 4) is 11.5 Å². The molecule has 1 heterocycles. The van der Waals surface area contributed by atoms with Crippen LogP contribution in [0.1, 0.15) is 34.8 Å². The molecule has 1 atom stereocenters. The zero-order valence-corrected chi connectivity index (χ0v) is 15.7. The predicted molar refractivity (Wildman–Crippen MR) is 96.8 cm³/mol. The Morgan fingerprint density at radius 3 is 2.73 bits per heavy atom. The van der Waals surface area contributed by atoms with E-state index in [1.165, 1.54) is 19.2 Å². The summed E-state index contributed by atoms with van der Waals surface area (Å²) in [6.45, 7) is -2.37. The molecule has 1 unspecified atom stereocenters. The second kappa shape index (κ2) is 8.03. The average Bonchev–Trinajstić information content (AvgIpc) is 3.10. The molecule has 3 rings (SSSR count). The maximum atomic E-state index is 13.0. The van der Waals surface area contributed by atoms with Gasteiger partial charge in [-0.15, -0.1) is 0 Å². The molecule has 0 radical (unpaired) electrons. The van der Waals surface area contributed by atoms with E-state index in [9.17, 15) is 13.6 Å². The molecule has 2 aromatic carbocycles. The van der Waals surface area contributed by atoms with Crippen LogP contribution in [0.25, 0.3) is 0 Å². The summed E-state index contributed by atoms with van der Waals surface area (Å²) in [4.78, 5) is 14.8. The number of halogens is 3. The monoisotopic (exact) mass is 425 g/mol. The third-order valence-electron chi connectivity index (χ3n) is 4.37. The van der Waals surface area contributed by atoms with Gasteiger partial charge in [0, 0.05) is 16.6 Å². The van der Waals surface area contributed by atoms with Gasteiger partial charge in [0.1, 0.15) is 0 Å². The Labute approximate surface area is 158 Å². The van der Waals surface area contributed by atoms with Crippen molar-refractivity contribution in [1.82, 2.24) is 4.90 Å². The Hall–Kier alpha value is -2.15. The second-order valence-electron chi connectivity index (χ2n) is 5.96. The van der Waals surface area contributed by atoms with Gasteiger partial charge >= 0.3 is 6.61 Å². The van der Waals surface area contributed by atoms with Gasteiger partial charge in [-0.1, -0.05) is 28.1 Å². The normalized spacial score (nSPS) is 16.8. The molecular weight excluding hydrogens is 408 g/mol. The number of methoxy groups -OCH3 is 1. The van der Waals surface area contributed by atoms with E-state index in [1.807, 2.05) is 24.3 Å². The number of benzene rings is 2. The van der Waals surface area contributed by atoms with E-state index in [0.717, 1.165) is 22.9 Å². The maximum absolute atomic E-state index is 13.0. The highest BCUT2D eigenvalue weighted by atomic mass is 79.9. The van der Waals surface area contributed by atoms with Crippen LogP contribution in [0.3, 0.4) is 0 Å². The van der Waals surface area contributed by atoms with Gasteiger partial charge < -0.3 is 14.4 Å². The van der Waals surface area contributed by atoms with E-state index in [1.54, 1.807) is 11.0 Å². The van der Waals surface area contributed by atoms with Gasteiger partial charge in [-0.3, -0.25) is 4.79 Å². The molecule has 0 spiro atoms. The Bertz CT molecular complexity index is 800. The number of carbonyl (C=O) groups excluding carboxylic acids is 1. The number of carbonyl (C=O) groups is 1. The van der Waals surface area contributed by atoms with Crippen LogP contribution in [0.4, 0.5) is 8.78 Å². The zero-order chi connectivity index (χ0) is 18.7. The lowest BCUT2D eigenvalue weighted by atomic mass is 10.0. The average molecular weight is 426 g/mol. The number of rotatable bonds is 5. The SMILES string of the molecule is COc1ccc(C(=O)N2CCCC2c2cccc(Br)c2)cc1OC(F)F. The van der Waals surface area contributed by atoms with Crippen molar-refractivity contribution in [3.05, 3.63) is 58.1 Å². The summed E-state index contributed by atoms with van der Waals surface area (Å²) in [6.07, 6.45) is 1.75. The van der Waals surface area contributed by atoms with Gasteiger partial charge in [0.05, 0.1) is 13.2 Å². The number of amides is 1. The summed E-state index contributed by atoms with van der Waals surface area (Å²) in [6, 6.07) is 12.1. The van der Waals surface area contributed by atoms with E-state index in [-0.39, 0.29) is 23.4 Å². The molecular formula is C19H18BrF2NO3. The minimum absolute atomic E-state index is 0.0402. The molecule has 2 aromatic rings. The van der Waals surface area contributed by atoms with Crippen molar-refractivity contribution in [2.45, 2.75) is 25.5 Å². The summed E-state index contributed by atoms with van der Waals surface area (Å²) in [5, 5.41) is 0. The molecule has 0 N–H and O–H groups in total. The van der Waals surface area contributed by atoms with Crippen LogP contribution in [0.15, 0.2) is 46.9 Å². The van der Waals surface area contributed by atoms with Gasteiger partial charge in [0.2, 0.25) is 0 Å². The van der Waals surface area contributed by atoms with Gasteiger partial charge in [0.15, 0.2) is 11.5 Å². The fraction of sp³-hybridized carbons (Fsp3) is 0.316. The molecule has 4 nitrogen and oxygen atoms in total. The number of hydrogen-bond acceptors (Lipinski definition) is 3. The van der Waals surface area contributed by atoms with Gasteiger partial charge in [-0.2, -0.15) is 8.78 Å². The molecule has 0 bridgehead atoms. The van der Waals surface area contributed by atoms with Gasteiger partial charge in [-0.05, 0) is 48.7 Å². The maximum Gasteiger partial charge on any atom is 0.387 e. The van der Waals surface area contributed by atoms with Crippen molar-refractivity contribution >= 4 is 21.8 Å². The first-order valence-corrected chi connectivity index (χ1v) is 8.98. The first kappa shape index (κ1) is 18.6. The third kappa shape index (κ3) is 3.98. The Kier molecular flexibility index (Phi) is 5.76. The minimum atomic E-state index is -2.99. The minimum Gasteiger partial charge on any atom is -0.493 e. The van der Waals surface area contributed by atoms with E-state index in [4.69, 9.17) is 4.74 Å². The number of ether oxygens (including phenoxy) is 2. The highest BCUT2D eigenvalue weighted by Crippen LogP contribution is 2.36. The summed E-state index contributed by atoms with van der Waals surface area (Å²) in [5.74, 6) is -0.201. The van der Waals surface area contributed by atoms with Gasteiger partial charge in [0.25, 0.3) is 5.91 Å². The lowest BCUT2D eigenvalue weighted by Crippen LogP contribution is -2.30. The topological polar surface area (TPSA) is 38.8 Å². The van der Waals surface area contributed by atoms with Crippen LogP contribution in [0.5, 0.6) is 11.5 Å². The van der Waals surface area contributed by atoms with Crippen molar-refractivity contribution < 1.29 is 23.0 Å². The van der Waals surface area contributed by atoms with Crippen molar-refractivity contribution in [3.63, 3.8) is 0 Å². The second-order valence-corrected chi connectivity index (χ2v) is 6.87. The lowest BCUT2D eigenvalue weighted by Gasteiger charge is -2.25. The number of likely N-dealkylation sites (tertiary alicyclic amines) is 1. The van der Waals surface area contributed by atoms with Crippen LogP contribution in [0, 0.1) is 0 Å².